The number of methoxy groups -OCH3 is 1. The average Bonchev–Trinajstić information content (AvgIpc) is 2.43. The highest BCUT2D eigenvalue weighted by molar-refractivity contribution is 5.72. The molecule has 0 aliphatic carbocycles. The van der Waals surface area contributed by atoms with Crippen LogP contribution in [0.25, 0.3) is 0 Å². The molecule has 4 heteroatoms. The maximum Gasteiger partial charge on any atom is 0.309 e. The van der Waals surface area contributed by atoms with Gasteiger partial charge in [-0.05, 0) is 30.9 Å². The summed E-state index contributed by atoms with van der Waals surface area (Å²) >= 11 is 0. The molecule has 0 saturated carbocycles. The van der Waals surface area contributed by atoms with E-state index in [1.807, 2.05) is 25.1 Å². The van der Waals surface area contributed by atoms with E-state index in [4.69, 9.17) is 4.74 Å². The van der Waals surface area contributed by atoms with Gasteiger partial charge in [0.15, 0.2) is 0 Å². The normalized spacial score (nSPS) is 18.8. The molecular weight excluding hydrogens is 254 g/mol. The lowest BCUT2D eigenvalue weighted by Gasteiger charge is -2.36. The van der Waals surface area contributed by atoms with Crippen molar-refractivity contribution < 1.29 is 14.6 Å². The molecule has 1 fully saturated rings. The second-order valence-electron chi connectivity index (χ2n) is 5.79. The molecule has 1 aromatic rings. The second kappa shape index (κ2) is 6.37. The van der Waals surface area contributed by atoms with Gasteiger partial charge >= 0.3 is 5.97 Å². The summed E-state index contributed by atoms with van der Waals surface area (Å²) in [6, 6.07) is 7.98. The van der Waals surface area contributed by atoms with E-state index in [0.717, 1.165) is 38.0 Å². The third-order valence-electron chi connectivity index (χ3n) is 4.01. The quantitative estimate of drug-likeness (QED) is 0.852. The van der Waals surface area contributed by atoms with Gasteiger partial charge in [-0.3, -0.25) is 9.69 Å². The summed E-state index contributed by atoms with van der Waals surface area (Å²) in [4.78, 5) is 13.8. The molecule has 0 unspecified atom stereocenters. The van der Waals surface area contributed by atoms with Crippen molar-refractivity contribution >= 4 is 5.97 Å². The molecule has 4 nitrogen and oxygen atoms in total. The number of carbonyl (C=O) groups is 1. The predicted molar refractivity (Wildman–Crippen MR) is 77.3 cm³/mol. The van der Waals surface area contributed by atoms with Crippen molar-refractivity contribution in [2.24, 2.45) is 0 Å². The van der Waals surface area contributed by atoms with E-state index in [1.54, 1.807) is 0 Å². The first-order valence-electron chi connectivity index (χ1n) is 7.08. The van der Waals surface area contributed by atoms with Gasteiger partial charge in [0.2, 0.25) is 0 Å². The van der Waals surface area contributed by atoms with Crippen molar-refractivity contribution in [2.45, 2.75) is 38.3 Å². The highest BCUT2D eigenvalue weighted by atomic mass is 16.5. The summed E-state index contributed by atoms with van der Waals surface area (Å²) in [5.41, 5.74) is 1.67. The first-order chi connectivity index (χ1) is 9.50. The standard InChI is InChI=1S/C16H23NO3/c1-16(19)7-9-17(10-8-16)12-14-6-4-3-5-13(14)11-15(18)20-2/h3-6,19H,7-12H2,1-2H3. The van der Waals surface area contributed by atoms with Crippen molar-refractivity contribution in [3.05, 3.63) is 35.4 Å². The molecule has 1 aliphatic heterocycles. The molecule has 0 amide bonds. The number of carbonyl (C=O) groups excluding carboxylic acids is 1. The number of hydrogen-bond donors (Lipinski definition) is 1. The first kappa shape index (κ1) is 15.0. The minimum Gasteiger partial charge on any atom is -0.469 e. The van der Waals surface area contributed by atoms with Gasteiger partial charge < -0.3 is 9.84 Å². The number of likely N-dealkylation sites (tertiary alicyclic amines) is 1. The molecule has 0 spiro atoms. The van der Waals surface area contributed by atoms with Gasteiger partial charge in [0.05, 0.1) is 19.1 Å². The number of nitrogens with zero attached hydrogens (tertiary/aromatic N) is 1. The fourth-order valence-electron chi connectivity index (χ4n) is 2.55. The molecule has 20 heavy (non-hydrogen) atoms. The number of aliphatic hydroxyl groups is 1. The Morgan fingerprint density at radius 2 is 1.90 bits per heavy atom. The van der Waals surface area contributed by atoms with Crippen molar-refractivity contribution in [3.8, 4) is 0 Å². The van der Waals surface area contributed by atoms with Crippen LogP contribution >= 0.6 is 0 Å². The monoisotopic (exact) mass is 277 g/mol. The lowest BCUT2D eigenvalue weighted by molar-refractivity contribution is -0.139. The van der Waals surface area contributed by atoms with Crippen LogP contribution in [0.4, 0.5) is 0 Å². The predicted octanol–water partition coefficient (Wildman–Crippen LogP) is 1.75. The third kappa shape index (κ3) is 4.05. The van der Waals surface area contributed by atoms with Crippen LogP contribution in [0.2, 0.25) is 0 Å². The minimum absolute atomic E-state index is 0.209. The summed E-state index contributed by atoms with van der Waals surface area (Å²) in [6.45, 7) is 4.50. The molecule has 0 radical (unpaired) electrons. The topological polar surface area (TPSA) is 49.8 Å². The van der Waals surface area contributed by atoms with Gasteiger partial charge in [-0.2, -0.15) is 0 Å². The van der Waals surface area contributed by atoms with Gasteiger partial charge in [-0.1, -0.05) is 24.3 Å². The van der Waals surface area contributed by atoms with Gasteiger partial charge in [0.1, 0.15) is 0 Å². The van der Waals surface area contributed by atoms with Crippen molar-refractivity contribution in [1.82, 2.24) is 4.90 Å². The Hall–Kier alpha value is -1.39. The zero-order chi connectivity index (χ0) is 14.6. The smallest absolute Gasteiger partial charge is 0.309 e. The van der Waals surface area contributed by atoms with E-state index in [1.165, 1.54) is 12.7 Å². The molecule has 1 saturated heterocycles. The molecule has 1 aromatic carbocycles. The van der Waals surface area contributed by atoms with Crippen LogP contribution in [-0.4, -0.2) is 41.8 Å². The maximum atomic E-state index is 11.4. The SMILES string of the molecule is COC(=O)Cc1ccccc1CN1CCC(C)(O)CC1. The van der Waals surface area contributed by atoms with Crippen LogP contribution in [-0.2, 0) is 22.5 Å². The molecule has 0 aromatic heterocycles. The Labute approximate surface area is 120 Å². The van der Waals surface area contributed by atoms with Crippen molar-refractivity contribution in [1.29, 1.82) is 0 Å². The van der Waals surface area contributed by atoms with Crippen molar-refractivity contribution in [2.75, 3.05) is 20.2 Å². The lowest BCUT2D eigenvalue weighted by atomic mass is 9.93. The van der Waals surface area contributed by atoms with Crippen LogP contribution in [0.5, 0.6) is 0 Å². The Bertz CT molecular complexity index is 461. The Morgan fingerprint density at radius 3 is 2.50 bits per heavy atom. The lowest BCUT2D eigenvalue weighted by Crippen LogP contribution is -2.42. The van der Waals surface area contributed by atoms with Gasteiger partial charge in [-0.15, -0.1) is 0 Å². The molecule has 110 valence electrons. The first-order valence-corrected chi connectivity index (χ1v) is 7.08. The van der Waals surface area contributed by atoms with E-state index in [0.29, 0.717) is 6.42 Å². The zero-order valence-electron chi connectivity index (χ0n) is 12.3. The fourth-order valence-corrected chi connectivity index (χ4v) is 2.55. The van der Waals surface area contributed by atoms with E-state index in [9.17, 15) is 9.90 Å². The van der Waals surface area contributed by atoms with Gasteiger partial charge in [0.25, 0.3) is 0 Å². The van der Waals surface area contributed by atoms with E-state index in [-0.39, 0.29) is 5.97 Å². The Balaban J connectivity index is 2.01. The molecule has 1 aliphatic rings. The third-order valence-corrected chi connectivity index (χ3v) is 4.01. The number of hydrogen-bond acceptors (Lipinski definition) is 4. The maximum absolute atomic E-state index is 11.4. The zero-order valence-corrected chi connectivity index (χ0v) is 12.3. The number of piperidine rings is 1. The average molecular weight is 277 g/mol. The molecule has 1 N–H and O–H groups in total. The fraction of sp³-hybridized carbons (Fsp3) is 0.562. The summed E-state index contributed by atoms with van der Waals surface area (Å²) < 4.78 is 4.74. The number of benzene rings is 1. The molecule has 1 heterocycles. The van der Waals surface area contributed by atoms with E-state index >= 15 is 0 Å². The summed E-state index contributed by atoms with van der Waals surface area (Å²) in [6.07, 6.45) is 1.91. The van der Waals surface area contributed by atoms with Gasteiger partial charge in [-0.25, -0.2) is 0 Å². The molecule has 2 rings (SSSR count). The number of ether oxygens (including phenoxy) is 1. The molecule has 0 bridgehead atoms. The van der Waals surface area contributed by atoms with Crippen LogP contribution < -0.4 is 0 Å². The van der Waals surface area contributed by atoms with Crippen LogP contribution in [0.15, 0.2) is 24.3 Å². The number of esters is 1. The second-order valence-corrected chi connectivity index (χ2v) is 5.79. The Kier molecular flexibility index (Phi) is 4.78. The highest BCUT2D eigenvalue weighted by Gasteiger charge is 2.27. The van der Waals surface area contributed by atoms with Crippen LogP contribution in [0.1, 0.15) is 30.9 Å². The van der Waals surface area contributed by atoms with Crippen molar-refractivity contribution in [3.63, 3.8) is 0 Å². The van der Waals surface area contributed by atoms with E-state index in [2.05, 4.69) is 11.0 Å². The highest BCUT2D eigenvalue weighted by Crippen LogP contribution is 2.23. The van der Waals surface area contributed by atoms with E-state index < -0.39 is 5.60 Å². The number of rotatable bonds is 4. The summed E-state index contributed by atoms with van der Waals surface area (Å²) in [7, 11) is 1.41. The minimum atomic E-state index is -0.526. The summed E-state index contributed by atoms with van der Waals surface area (Å²) in [5, 5.41) is 9.98. The largest absolute Gasteiger partial charge is 0.469 e. The molecule has 0 atom stereocenters. The van der Waals surface area contributed by atoms with Gasteiger partial charge in [0, 0.05) is 19.6 Å². The van der Waals surface area contributed by atoms with Crippen LogP contribution in [0, 0.1) is 0 Å². The molecular formula is C16H23NO3. The van der Waals surface area contributed by atoms with Crippen LogP contribution in [0.3, 0.4) is 0 Å². The summed E-state index contributed by atoms with van der Waals surface area (Å²) in [5.74, 6) is -0.209. The Morgan fingerprint density at radius 1 is 1.30 bits per heavy atom.